The second kappa shape index (κ2) is 11.3. The fourth-order valence-corrected chi connectivity index (χ4v) is 4.30. The molecule has 3 aromatic rings. The molecule has 2 aromatic heterocycles. The lowest BCUT2D eigenvalue weighted by atomic mass is 9.94. The van der Waals surface area contributed by atoms with Crippen LogP contribution in [-0.2, 0) is 11.3 Å². The minimum absolute atomic E-state index is 0.0967. The van der Waals surface area contributed by atoms with Crippen molar-refractivity contribution < 1.29 is 9.47 Å². The molecule has 0 aliphatic carbocycles. The molecule has 0 amide bonds. The van der Waals surface area contributed by atoms with Crippen molar-refractivity contribution in [3.05, 3.63) is 77.8 Å². The van der Waals surface area contributed by atoms with Gasteiger partial charge in [-0.2, -0.15) is 4.98 Å². The number of nitrogens with zero attached hydrogens (tertiary/aromatic N) is 5. The average molecular weight is 495 g/mol. The summed E-state index contributed by atoms with van der Waals surface area (Å²) in [4.78, 5) is 8.93. The molecule has 0 bridgehead atoms. The van der Waals surface area contributed by atoms with Crippen molar-refractivity contribution in [1.29, 1.82) is 0 Å². The molecule has 1 atom stereocenters. The number of fused-ring (bicyclic) bond motifs is 1. The number of halogens is 1. The lowest BCUT2D eigenvalue weighted by molar-refractivity contribution is 0.242. The first kappa shape index (κ1) is 24.6. The number of hydrogen-bond donors (Lipinski definition) is 1. The van der Waals surface area contributed by atoms with Crippen molar-refractivity contribution >= 4 is 23.2 Å². The highest BCUT2D eigenvalue weighted by Gasteiger charge is 2.24. The molecule has 0 radical (unpaired) electrons. The molecule has 1 unspecified atom stereocenters. The molecule has 1 N–H and O–H groups in total. The van der Waals surface area contributed by atoms with Crippen LogP contribution in [0.5, 0.6) is 5.75 Å². The highest BCUT2D eigenvalue weighted by atomic mass is 35.5. The lowest BCUT2D eigenvalue weighted by Gasteiger charge is -2.14. The van der Waals surface area contributed by atoms with E-state index < -0.39 is 0 Å². The molecule has 1 aromatic carbocycles. The fourth-order valence-electron chi connectivity index (χ4n) is 4.15. The Bertz CT molecular complexity index is 1240. The Kier molecular flexibility index (Phi) is 7.92. The van der Waals surface area contributed by atoms with E-state index in [4.69, 9.17) is 31.2 Å². The topological polar surface area (TPSA) is 79.0 Å². The molecule has 1 aliphatic rings. The number of allylic oxidation sites excluding steroid dienone is 4. The van der Waals surface area contributed by atoms with Gasteiger partial charge in [0, 0.05) is 30.4 Å². The van der Waals surface area contributed by atoms with E-state index in [2.05, 4.69) is 16.9 Å². The molecule has 35 heavy (non-hydrogen) atoms. The fraction of sp³-hybridized carbons (Fsp3) is 0.346. The van der Waals surface area contributed by atoms with Crippen molar-refractivity contribution in [3.8, 4) is 11.4 Å². The number of aromatic nitrogens is 5. The molecule has 0 spiro atoms. The molecule has 3 heterocycles. The SMILES string of the molecule is C=C(C=CC(=CC)OCC)C1CCCCn2nc(Nc3ccc(-n4cnc(Cl)c4)c(OC)c3)nc21. The summed E-state index contributed by atoms with van der Waals surface area (Å²) in [5.74, 6) is 3.08. The zero-order valence-electron chi connectivity index (χ0n) is 20.4. The summed E-state index contributed by atoms with van der Waals surface area (Å²) in [5, 5.41) is 8.48. The first-order valence-electron chi connectivity index (χ1n) is 11.8. The van der Waals surface area contributed by atoms with E-state index in [-0.39, 0.29) is 5.92 Å². The average Bonchev–Trinajstić information content (AvgIpc) is 3.41. The van der Waals surface area contributed by atoms with Crippen molar-refractivity contribution in [3.63, 3.8) is 0 Å². The Balaban J connectivity index is 1.55. The van der Waals surface area contributed by atoms with E-state index >= 15 is 0 Å². The summed E-state index contributed by atoms with van der Waals surface area (Å²) in [6, 6.07) is 5.79. The van der Waals surface area contributed by atoms with Gasteiger partial charge in [-0.25, -0.2) is 9.67 Å². The van der Waals surface area contributed by atoms with Gasteiger partial charge < -0.3 is 19.4 Å². The monoisotopic (exact) mass is 494 g/mol. The number of ether oxygens (including phenoxy) is 2. The van der Waals surface area contributed by atoms with Crippen LogP contribution in [0.3, 0.4) is 0 Å². The molecule has 0 saturated heterocycles. The maximum absolute atomic E-state index is 5.97. The van der Waals surface area contributed by atoms with Gasteiger partial charge >= 0.3 is 0 Å². The van der Waals surface area contributed by atoms with Crippen molar-refractivity contribution in [2.75, 3.05) is 19.0 Å². The van der Waals surface area contributed by atoms with Crippen LogP contribution in [-0.4, -0.2) is 38.0 Å². The minimum Gasteiger partial charge on any atom is -0.494 e. The predicted molar refractivity (Wildman–Crippen MR) is 139 cm³/mol. The van der Waals surface area contributed by atoms with Gasteiger partial charge in [-0.1, -0.05) is 30.7 Å². The normalized spacial score (nSPS) is 16.1. The molecule has 9 heteroatoms. The van der Waals surface area contributed by atoms with Gasteiger partial charge in [0.15, 0.2) is 0 Å². The third kappa shape index (κ3) is 5.77. The molecule has 1 aliphatic heterocycles. The maximum atomic E-state index is 5.97. The minimum atomic E-state index is 0.0967. The third-order valence-corrected chi connectivity index (χ3v) is 6.09. The van der Waals surface area contributed by atoms with E-state index in [1.54, 1.807) is 19.6 Å². The Morgan fingerprint density at radius 3 is 2.89 bits per heavy atom. The van der Waals surface area contributed by atoms with E-state index in [0.717, 1.165) is 54.3 Å². The van der Waals surface area contributed by atoms with Gasteiger partial charge in [-0.05, 0) is 56.5 Å². The Labute approximate surface area is 210 Å². The van der Waals surface area contributed by atoms with Crippen LogP contribution in [0.25, 0.3) is 5.69 Å². The second-order valence-corrected chi connectivity index (χ2v) is 8.60. The van der Waals surface area contributed by atoms with E-state index in [0.29, 0.717) is 23.5 Å². The Morgan fingerprint density at radius 1 is 1.31 bits per heavy atom. The summed E-state index contributed by atoms with van der Waals surface area (Å²) < 4.78 is 15.0. The quantitative estimate of drug-likeness (QED) is 0.282. The van der Waals surface area contributed by atoms with Gasteiger partial charge in [0.05, 0.1) is 19.4 Å². The number of aryl methyl sites for hydroxylation is 1. The van der Waals surface area contributed by atoms with Crippen molar-refractivity contribution in [1.82, 2.24) is 24.3 Å². The van der Waals surface area contributed by atoms with Crippen molar-refractivity contribution in [2.24, 2.45) is 0 Å². The van der Waals surface area contributed by atoms with Gasteiger partial charge in [-0.15, -0.1) is 5.10 Å². The van der Waals surface area contributed by atoms with Crippen LogP contribution in [0.2, 0.25) is 5.15 Å². The predicted octanol–water partition coefficient (Wildman–Crippen LogP) is 6.19. The van der Waals surface area contributed by atoms with Gasteiger partial charge in [0.1, 0.15) is 28.8 Å². The first-order valence-corrected chi connectivity index (χ1v) is 12.2. The highest BCUT2D eigenvalue weighted by molar-refractivity contribution is 6.29. The third-order valence-electron chi connectivity index (χ3n) is 5.89. The van der Waals surface area contributed by atoms with Crippen LogP contribution < -0.4 is 10.1 Å². The van der Waals surface area contributed by atoms with Crippen LogP contribution in [0.15, 0.2) is 66.9 Å². The number of nitrogens with one attached hydrogen (secondary N) is 1. The summed E-state index contributed by atoms with van der Waals surface area (Å²) in [6.45, 7) is 9.74. The number of benzene rings is 1. The first-order chi connectivity index (χ1) is 17.0. The number of hydrogen-bond acceptors (Lipinski definition) is 6. The number of rotatable bonds is 9. The van der Waals surface area contributed by atoms with Crippen LogP contribution in [0, 0.1) is 0 Å². The Morgan fingerprint density at radius 2 is 2.17 bits per heavy atom. The second-order valence-electron chi connectivity index (χ2n) is 8.21. The molecule has 0 saturated carbocycles. The van der Waals surface area contributed by atoms with E-state index in [1.165, 1.54) is 0 Å². The van der Waals surface area contributed by atoms with Gasteiger partial charge in [0.25, 0.3) is 0 Å². The molecule has 8 nitrogen and oxygen atoms in total. The highest BCUT2D eigenvalue weighted by Crippen LogP contribution is 2.33. The summed E-state index contributed by atoms with van der Waals surface area (Å²) >= 11 is 5.97. The number of imidazole rings is 1. The zero-order valence-corrected chi connectivity index (χ0v) is 21.1. The smallest absolute Gasteiger partial charge is 0.246 e. The summed E-state index contributed by atoms with van der Waals surface area (Å²) in [5.41, 5.74) is 2.65. The van der Waals surface area contributed by atoms with Crippen LogP contribution in [0.1, 0.15) is 44.9 Å². The largest absolute Gasteiger partial charge is 0.494 e. The number of anilines is 2. The summed E-state index contributed by atoms with van der Waals surface area (Å²) in [6.07, 6.45) is 12.5. The van der Waals surface area contributed by atoms with Crippen LogP contribution >= 0.6 is 11.6 Å². The van der Waals surface area contributed by atoms with Gasteiger partial charge in [-0.3, -0.25) is 0 Å². The molecule has 0 fully saturated rings. The molecule has 4 rings (SSSR count). The zero-order chi connectivity index (χ0) is 24.8. The maximum Gasteiger partial charge on any atom is 0.246 e. The van der Waals surface area contributed by atoms with Crippen LogP contribution in [0.4, 0.5) is 11.6 Å². The van der Waals surface area contributed by atoms with E-state index in [1.807, 2.05) is 59.5 Å². The Hall–Kier alpha value is -3.52. The lowest BCUT2D eigenvalue weighted by Crippen LogP contribution is -2.08. The molecule has 184 valence electrons. The molecular formula is C26H31ClN6O2. The summed E-state index contributed by atoms with van der Waals surface area (Å²) in [7, 11) is 1.63. The van der Waals surface area contributed by atoms with E-state index in [9.17, 15) is 0 Å². The van der Waals surface area contributed by atoms with Gasteiger partial charge in [0.2, 0.25) is 5.95 Å². The standard InChI is InChI=1S/C26H31ClN6O2/c1-5-20(35-6-2)12-10-18(3)21-9-7-8-14-33-25(21)30-26(31-33)29-19-11-13-22(23(15-19)34-4)32-16-24(27)28-17-32/h5,10-13,15-17,21H,3,6-9,14H2,1-2,4H3,(H,29,31). The molecular weight excluding hydrogens is 464 g/mol. The van der Waals surface area contributed by atoms with Crippen molar-refractivity contribution in [2.45, 2.75) is 45.6 Å². The number of methoxy groups -OCH3 is 1.